The van der Waals surface area contributed by atoms with Gasteiger partial charge in [-0.05, 0) is 30.6 Å². The van der Waals surface area contributed by atoms with Gasteiger partial charge in [0.25, 0.3) is 0 Å². The number of hydrogen-bond donors (Lipinski definition) is 1. The van der Waals surface area contributed by atoms with E-state index in [9.17, 15) is 9.59 Å². The van der Waals surface area contributed by atoms with Crippen LogP contribution in [-0.4, -0.2) is 42.1 Å². The minimum atomic E-state index is -0.537. The Morgan fingerprint density at radius 1 is 1.20 bits per heavy atom. The molecule has 2 amide bonds. The maximum Gasteiger partial charge on any atom is 0.407 e. The molecule has 0 radical (unpaired) electrons. The molecular formula is C15H26N2O3. The van der Waals surface area contributed by atoms with E-state index in [0.717, 1.165) is 12.8 Å². The lowest BCUT2D eigenvalue weighted by Crippen LogP contribution is -2.54. The Balaban J connectivity index is 2.12. The van der Waals surface area contributed by atoms with Crippen molar-refractivity contribution in [1.82, 2.24) is 10.2 Å². The number of carbonyl (C=O) groups is 2. The van der Waals surface area contributed by atoms with Gasteiger partial charge in [-0.25, -0.2) is 4.79 Å². The van der Waals surface area contributed by atoms with Gasteiger partial charge in [0.2, 0.25) is 5.91 Å². The molecule has 0 unspecified atom stereocenters. The first-order valence-corrected chi connectivity index (χ1v) is 7.53. The van der Waals surface area contributed by atoms with Gasteiger partial charge in [-0.2, -0.15) is 0 Å². The van der Waals surface area contributed by atoms with Crippen molar-refractivity contribution >= 4 is 12.0 Å². The summed E-state index contributed by atoms with van der Waals surface area (Å²) in [5, 5.41) is 2.69. The number of nitrogens with one attached hydrogen (secondary N) is 1. The van der Waals surface area contributed by atoms with E-state index in [1.165, 1.54) is 7.11 Å². The molecule has 0 aromatic heterocycles. The summed E-state index contributed by atoms with van der Waals surface area (Å²) in [5.74, 6) is 1.23. The predicted octanol–water partition coefficient (Wildman–Crippen LogP) is 2.01. The van der Waals surface area contributed by atoms with Crippen LogP contribution in [-0.2, 0) is 9.53 Å². The fourth-order valence-electron chi connectivity index (χ4n) is 3.28. The van der Waals surface area contributed by atoms with Gasteiger partial charge in [0.1, 0.15) is 6.04 Å². The van der Waals surface area contributed by atoms with Crippen LogP contribution in [0.3, 0.4) is 0 Å². The summed E-state index contributed by atoms with van der Waals surface area (Å²) < 4.78 is 4.63. The molecule has 1 saturated heterocycles. The third-order valence-corrected chi connectivity index (χ3v) is 4.56. The Kier molecular flexibility index (Phi) is 4.25. The average Bonchev–Trinajstić information content (AvgIpc) is 3.05. The van der Waals surface area contributed by atoms with Crippen molar-refractivity contribution < 1.29 is 14.3 Å². The molecule has 0 spiro atoms. The number of amides is 2. The second kappa shape index (κ2) is 5.62. The Bertz CT molecular complexity index is 395. The van der Waals surface area contributed by atoms with Crippen molar-refractivity contribution in [2.45, 2.75) is 58.7 Å². The van der Waals surface area contributed by atoms with Crippen LogP contribution in [0.1, 0.15) is 40.5 Å². The summed E-state index contributed by atoms with van der Waals surface area (Å²) in [7, 11) is 1.32. The van der Waals surface area contributed by atoms with Crippen LogP contribution >= 0.6 is 0 Å². The minimum absolute atomic E-state index is 0.0483. The Hall–Kier alpha value is -1.26. The first kappa shape index (κ1) is 15.1. The Morgan fingerprint density at radius 3 is 2.35 bits per heavy atom. The van der Waals surface area contributed by atoms with Crippen LogP contribution in [0, 0.1) is 17.8 Å². The van der Waals surface area contributed by atoms with Crippen molar-refractivity contribution in [1.29, 1.82) is 0 Å². The van der Waals surface area contributed by atoms with Gasteiger partial charge < -0.3 is 15.0 Å². The number of methoxy groups -OCH3 is 1. The molecule has 1 heterocycles. The maximum absolute atomic E-state index is 12.8. The molecule has 0 aromatic carbocycles. The van der Waals surface area contributed by atoms with Gasteiger partial charge in [-0.15, -0.1) is 0 Å². The van der Waals surface area contributed by atoms with Crippen LogP contribution in [0.5, 0.6) is 0 Å². The summed E-state index contributed by atoms with van der Waals surface area (Å²) in [6.07, 6.45) is 1.69. The van der Waals surface area contributed by atoms with Crippen LogP contribution in [0.25, 0.3) is 0 Å². The molecule has 20 heavy (non-hydrogen) atoms. The summed E-state index contributed by atoms with van der Waals surface area (Å²) >= 11 is 0. The highest BCUT2D eigenvalue weighted by Crippen LogP contribution is 2.49. The molecule has 1 aliphatic carbocycles. The zero-order valence-electron chi connectivity index (χ0n) is 13.1. The number of fused-ring (bicyclic) bond motifs is 1. The van der Waals surface area contributed by atoms with E-state index >= 15 is 0 Å². The molecular weight excluding hydrogens is 256 g/mol. The van der Waals surface area contributed by atoms with E-state index in [1.807, 2.05) is 18.7 Å². The van der Waals surface area contributed by atoms with Crippen molar-refractivity contribution in [2.75, 3.05) is 7.11 Å². The van der Waals surface area contributed by atoms with Crippen molar-refractivity contribution in [3.05, 3.63) is 0 Å². The smallest absolute Gasteiger partial charge is 0.407 e. The highest BCUT2D eigenvalue weighted by atomic mass is 16.5. The lowest BCUT2D eigenvalue weighted by atomic mass is 9.97. The van der Waals surface area contributed by atoms with Gasteiger partial charge in [-0.1, -0.05) is 27.7 Å². The molecule has 0 aromatic rings. The lowest BCUT2D eigenvalue weighted by molar-refractivity contribution is -0.137. The molecule has 1 aliphatic heterocycles. The normalized spacial score (nSPS) is 29.4. The van der Waals surface area contributed by atoms with Gasteiger partial charge in [0, 0.05) is 12.1 Å². The van der Waals surface area contributed by atoms with Crippen molar-refractivity contribution in [3.8, 4) is 0 Å². The molecule has 1 saturated carbocycles. The van der Waals surface area contributed by atoms with Crippen LogP contribution in [0.2, 0.25) is 0 Å². The second-order valence-corrected chi connectivity index (χ2v) is 6.71. The monoisotopic (exact) mass is 282 g/mol. The van der Waals surface area contributed by atoms with E-state index in [0.29, 0.717) is 23.9 Å². The lowest BCUT2D eigenvalue weighted by Gasteiger charge is -2.34. The number of rotatable bonds is 4. The third kappa shape index (κ3) is 2.76. The molecule has 2 aliphatic rings. The highest BCUT2D eigenvalue weighted by Gasteiger charge is 2.55. The number of piperidine rings is 1. The number of alkyl carbamates (subject to hydrolysis) is 1. The predicted molar refractivity (Wildman–Crippen MR) is 76.2 cm³/mol. The quantitative estimate of drug-likeness (QED) is 0.858. The molecule has 1 N–H and O–H groups in total. The van der Waals surface area contributed by atoms with E-state index in [1.54, 1.807) is 0 Å². The van der Waals surface area contributed by atoms with E-state index in [4.69, 9.17) is 0 Å². The van der Waals surface area contributed by atoms with E-state index in [2.05, 4.69) is 23.9 Å². The SMILES string of the molecule is COC(=O)N[C@H](C(=O)N1[C@@H]2C[C@@H]2C[C@H]1C(C)C)C(C)C. The molecule has 5 nitrogen and oxygen atoms in total. The number of nitrogens with zero attached hydrogens (tertiary/aromatic N) is 1. The standard InChI is InChI=1S/C15H26N2O3/c1-8(2)11-6-10-7-12(10)17(11)14(18)13(9(3)4)16-15(19)20-5/h8-13H,6-7H2,1-5H3,(H,16,19)/t10-,11-,12+,13-/m0/s1. The second-order valence-electron chi connectivity index (χ2n) is 6.71. The Labute approximate surface area is 121 Å². The summed E-state index contributed by atoms with van der Waals surface area (Å²) in [6.45, 7) is 8.22. The number of likely N-dealkylation sites (tertiary alicyclic amines) is 1. The van der Waals surface area contributed by atoms with Gasteiger partial charge >= 0.3 is 6.09 Å². The summed E-state index contributed by atoms with van der Waals surface area (Å²) in [5.41, 5.74) is 0. The topological polar surface area (TPSA) is 58.6 Å². The number of carbonyl (C=O) groups excluding carboxylic acids is 2. The zero-order chi connectivity index (χ0) is 15.0. The van der Waals surface area contributed by atoms with E-state index < -0.39 is 12.1 Å². The third-order valence-electron chi connectivity index (χ3n) is 4.56. The molecule has 2 rings (SSSR count). The Morgan fingerprint density at radius 2 is 1.85 bits per heavy atom. The van der Waals surface area contributed by atoms with Crippen LogP contribution in [0.4, 0.5) is 4.79 Å². The summed E-state index contributed by atoms with van der Waals surface area (Å²) in [6, 6.07) is 0.214. The molecule has 114 valence electrons. The molecule has 0 bridgehead atoms. The van der Waals surface area contributed by atoms with Gasteiger partial charge in [0.05, 0.1) is 7.11 Å². The zero-order valence-corrected chi connectivity index (χ0v) is 13.1. The van der Waals surface area contributed by atoms with Crippen LogP contribution in [0.15, 0.2) is 0 Å². The number of hydrogen-bond acceptors (Lipinski definition) is 3. The molecule has 4 atom stereocenters. The number of ether oxygens (including phenoxy) is 1. The summed E-state index contributed by atoms with van der Waals surface area (Å²) in [4.78, 5) is 26.3. The fraction of sp³-hybridized carbons (Fsp3) is 0.867. The van der Waals surface area contributed by atoms with Crippen LogP contribution < -0.4 is 5.32 Å². The van der Waals surface area contributed by atoms with Crippen molar-refractivity contribution in [2.24, 2.45) is 17.8 Å². The fourth-order valence-corrected chi connectivity index (χ4v) is 3.28. The van der Waals surface area contributed by atoms with Gasteiger partial charge in [0.15, 0.2) is 0 Å². The highest BCUT2D eigenvalue weighted by molar-refractivity contribution is 5.87. The van der Waals surface area contributed by atoms with Gasteiger partial charge in [-0.3, -0.25) is 4.79 Å². The first-order chi connectivity index (χ1) is 9.36. The maximum atomic E-state index is 12.8. The molecule has 2 fully saturated rings. The first-order valence-electron chi connectivity index (χ1n) is 7.53. The largest absolute Gasteiger partial charge is 0.453 e. The average molecular weight is 282 g/mol. The molecule has 5 heteroatoms. The van der Waals surface area contributed by atoms with Crippen molar-refractivity contribution in [3.63, 3.8) is 0 Å². The van der Waals surface area contributed by atoms with E-state index in [-0.39, 0.29) is 11.8 Å². The minimum Gasteiger partial charge on any atom is -0.453 e.